The Morgan fingerprint density at radius 3 is 2.46 bits per heavy atom. The molecule has 1 unspecified atom stereocenters. The summed E-state index contributed by atoms with van der Waals surface area (Å²) >= 11 is 0. The average Bonchev–Trinajstić information content (AvgIpc) is 3.33. The van der Waals surface area contributed by atoms with Crippen LogP contribution in [0.4, 0.5) is 13.2 Å². The van der Waals surface area contributed by atoms with Crippen molar-refractivity contribution >= 4 is 11.9 Å². The largest absolute Gasteiger partial charge is 0.478 e. The van der Waals surface area contributed by atoms with Crippen molar-refractivity contribution in [3.8, 4) is 5.69 Å². The Morgan fingerprint density at radius 1 is 1.29 bits per heavy atom. The molecule has 6 nitrogen and oxygen atoms in total. The SMILES string of the molecule is CC(CCC1CC1)NC(=O)c1ccc(-n2ncc(C(=O)O)c2C(F)(F)F)cc1. The number of carbonyl (C=O) groups is 2. The first-order chi connectivity index (χ1) is 13.2. The summed E-state index contributed by atoms with van der Waals surface area (Å²) in [6.07, 6.45) is 0.225. The summed E-state index contributed by atoms with van der Waals surface area (Å²) in [5.74, 6) is -1.25. The molecule has 0 bridgehead atoms. The number of rotatable bonds is 7. The third-order valence-corrected chi connectivity index (χ3v) is 4.72. The minimum atomic E-state index is -4.89. The van der Waals surface area contributed by atoms with E-state index in [2.05, 4.69) is 10.4 Å². The number of carboxylic acids is 1. The second kappa shape index (κ2) is 7.65. The zero-order valence-electron chi connectivity index (χ0n) is 15.2. The van der Waals surface area contributed by atoms with Gasteiger partial charge in [-0.2, -0.15) is 18.3 Å². The fraction of sp³-hybridized carbons (Fsp3) is 0.421. The van der Waals surface area contributed by atoms with Gasteiger partial charge in [0, 0.05) is 11.6 Å². The summed E-state index contributed by atoms with van der Waals surface area (Å²) in [7, 11) is 0. The van der Waals surface area contributed by atoms with E-state index in [1.807, 2.05) is 6.92 Å². The molecule has 0 spiro atoms. The van der Waals surface area contributed by atoms with Crippen LogP contribution in [0.5, 0.6) is 0 Å². The number of carboxylic acid groups (broad SMARTS) is 1. The van der Waals surface area contributed by atoms with Gasteiger partial charge in [-0.25, -0.2) is 9.48 Å². The highest BCUT2D eigenvalue weighted by molar-refractivity contribution is 5.94. The van der Waals surface area contributed by atoms with Crippen molar-refractivity contribution in [1.82, 2.24) is 15.1 Å². The Morgan fingerprint density at radius 2 is 1.93 bits per heavy atom. The van der Waals surface area contributed by atoms with Crippen molar-refractivity contribution in [2.75, 3.05) is 0 Å². The van der Waals surface area contributed by atoms with Gasteiger partial charge in [-0.3, -0.25) is 4.79 Å². The molecule has 2 aromatic rings. The fourth-order valence-electron chi connectivity index (χ4n) is 3.00. The molecule has 0 radical (unpaired) electrons. The van der Waals surface area contributed by atoms with Gasteiger partial charge in [-0.15, -0.1) is 0 Å². The molecule has 1 saturated carbocycles. The van der Waals surface area contributed by atoms with Crippen LogP contribution >= 0.6 is 0 Å². The van der Waals surface area contributed by atoms with E-state index < -0.39 is 23.4 Å². The Kier molecular flexibility index (Phi) is 5.44. The number of amides is 1. The third kappa shape index (κ3) is 4.52. The summed E-state index contributed by atoms with van der Waals surface area (Å²) in [6, 6.07) is 5.39. The topological polar surface area (TPSA) is 84.2 Å². The molecule has 1 fully saturated rings. The van der Waals surface area contributed by atoms with Crippen LogP contribution in [0.15, 0.2) is 30.5 Å². The maximum absolute atomic E-state index is 13.3. The Hall–Kier alpha value is -2.84. The lowest BCUT2D eigenvalue weighted by molar-refractivity contribution is -0.143. The van der Waals surface area contributed by atoms with Crippen LogP contribution in [0.25, 0.3) is 5.69 Å². The van der Waals surface area contributed by atoms with Gasteiger partial charge in [-0.1, -0.05) is 12.8 Å². The number of halogens is 3. The fourth-order valence-corrected chi connectivity index (χ4v) is 3.00. The Bertz CT molecular complexity index is 871. The zero-order valence-corrected chi connectivity index (χ0v) is 15.2. The van der Waals surface area contributed by atoms with Gasteiger partial charge in [0.25, 0.3) is 5.91 Å². The van der Waals surface area contributed by atoms with Crippen LogP contribution in [0, 0.1) is 5.92 Å². The molecule has 0 aliphatic heterocycles. The number of nitrogens with zero attached hydrogens (tertiary/aromatic N) is 2. The number of alkyl halides is 3. The van der Waals surface area contributed by atoms with Gasteiger partial charge >= 0.3 is 12.1 Å². The minimum Gasteiger partial charge on any atom is -0.478 e. The molecule has 1 aromatic heterocycles. The number of hydrogen-bond donors (Lipinski definition) is 2. The summed E-state index contributed by atoms with van der Waals surface area (Å²) in [5.41, 5.74) is -1.98. The number of hydrogen-bond acceptors (Lipinski definition) is 3. The van der Waals surface area contributed by atoms with E-state index in [0.717, 1.165) is 18.8 Å². The number of benzene rings is 1. The van der Waals surface area contributed by atoms with Crippen molar-refractivity contribution in [3.63, 3.8) is 0 Å². The molecule has 0 saturated heterocycles. The van der Waals surface area contributed by atoms with E-state index in [0.29, 0.717) is 16.4 Å². The van der Waals surface area contributed by atoms with E-state index >= 15 is 0 Å². The number of aromatic carboxylic acids is 1. The van der Waals surface area contributed by atoms with Crippen LogP contribution in [0.3, 0.4) is 0 Å². The maximum Gasteiger partial charge on any atom is 0.434 e. The first-order valence-corrected chi connectivity index (χ1v) is 8.96. The molecule has 1 heterocycles. The number of aromatic nitrogens is 2. The van der Waals surface area contributed by atoms with E-state index in [4.69, 9.17) is 5.11 Å². The van der Waals surface area contributed by atoms with Crippen LogP contribution < -0.4 is 5.32 Å². The quantitative estimate of drug-likeness (QED) is 0.745. The molecule has 1 aliphatic carbocycles. The summed E-state index contributed by atoms with van der Waals surface area (Å²) in [4.78, 5) is 23.3. The first-order valence-electron chi connectivity index (χ1n) is 8.96. The second-order valence-corrected chi connectivity index (χ2v) is 7.06. The van der Waals surface area contributed by atoms with Crippen molar-refractivity contribution in [3.05, 3.63) is 47.3 Å². The first kappa shape index (κ1) is 19.9. The summed E-state index contributed by atoms with van der Waals surface area (Å²) < 4.78 is 40.4. The molecule has 1 atom stereocenters. The molecule has 9 heteroatoms. The highest BCUT2D eigenvalue weighted by Crippen LogP contribution is 2.34. The Labute approximate surface area is 159 Å². The van der Waals surface area contributed by atoms with Crippen molar-refractivity contribution < 1.29 is 27.9 Å². The normalized spacial score (nSPS) is 15.3. The van der Waals surface area contributed by atoms with Gasteiger partial charge in [0.15, 0.2) is 5.69 Å². The number of carbonyl (C=O) groups excluding carboxylic acids is 1. The highest BCUT2D eigenvalue weighted by atomic mass is 19.4. The van der Waals surface area contributed by atoms with Gasteiger partial charge in [0.1, 0.15) is 5.56 Å². The van der Waals surface area contributed by atoms with E-state index in [1.165, 1.54) is 37.1 Å². The van der Waals surface area contributed by atoms with Gasteiger partial charge < -0.3 is 10.4 Å². The van der Waals surface area contributed by atoms with Crippen molar-refractivity contribution in [2.24, 2.45) is 5.92 Å². The molecular formula is C19H20F3N3O3. The van der Waals surface area contributed by atoms with Crippen LogP contribution in [-0.4, -0.2) is 32.8 Å². The smallest absolute Gasteiger partial charge is 0.434 e. The molecule has 3 rings (SSSR count). The third-order valence-electron chi connectivity index (χ3n) is 4.72. The summed E-state index contributed by atoms with van der Waals surface area (Å²) in [6.45, 7) is 1.92. The lowest BCUT2D eigenvalue weighted by Crippen LogP contribution is -2.32. The lowest BCUT2D eigenvalue weighted by Gasteiger charge is -2.14. The molecular weight excluding hydrogens is 375 g/mol. The van der Waals surface area contributed by atoms with E-state index in [9.17, 15) is 22.8 Å². The molecule has 1 aromatic carbocycles. The molecule has 2 N–H and O–H groups in total. The molecule has 1 amide bonds. The number of nitrogens with one attached hydrogen (secondary N) is 1. The van der Waals surface area contributed by atoms with Crippen LogP contribution in [0.2, 0.25) is 0 Å². The minimum absolute atomic E-state index is 0.00819. The standard InChI is InChI=1S/C19H20F3N3O3/c1-11(2-3-12-4-5-12)24-17(26)13-6-8-14(9-7-13)25-16(19(20,21)22)15(10-23-25)18(27)28/h6-12H,2-5H2,1H3,(H,24,26)(H,27,28). The van der Waals surface area contributed by atoms with Crippen LogP contribution in [-0.2, 0) is 6.18 Å². The highest BCUT2D eigenvalue weighted by Gasteiger charge is 2.40. The summed E-state index contributed by atoms with van der Waals surface area (Å²) in [5, 5.41) is 15.4. The zero-order chi connectivity index (χ0) is 20.5. The second-order valence-electron chi connectivity index (χ2n) is 7.06. The van der Waals surface area contributed by atoms with Crippen molar-refractivity contribution in [2.45, 2.75) is 44.8 Å². The van der Waals surface area contributed by atoms with Gasteiger partial charge in [-0.05, 0) is 49.9 Å². The lowest BCUT2D eigenvalue weighted by atomic mass is 10.1. The van der Waals surface area contributed by atoms with E-state index in [1.54, 1.807) is 0 Å². The Balaban J connectivity index is 1.75. The maximum atomic E-state index is 13.3. The molecule has 150 valence electrons. The molecule has 28 heavy (non-hydrogen) atoms. The van der Waals surface area contributed by atoms with Crippen molar-refractivity contribution in [1.29, 1.82) is 0 Å². The predicted octanol–water partition coefficient (Wildman–Crippen LogP) is 3.90. The average molecular weight is 395 g/mol. The van der Waals surface area contributed by atoms with Gasteiger partial charge in [0.2, 0.25) is 0 Å². The predicted molar refractivity (Wildman–Crippen MR) is 94.4 cm³/mol. The van der Waals surface area contributed by atoms with E-state index in [-0.39, 0.29) is 17.6 Å². The van der Waals surface area contributed by atoms with Crippen LogP contribution in [0.1, 0.15) is 59.0 Å². The molecule has 1 aliphatic rings. The monoisotopic (exact) mass is 395 g/mol. The van der Waals surface area contributed by atoms with Gasteiger partial charge in [0.05, 0.1) is 11.9 Å².